The first-order valence-electron chi connectivity index (χ1n) is 7.04. The van der Waals surface area contributed by atoms with Crippen molar-refractivity contribution in [2.24, 2.45) is 0 Å². The zero-order valence-electron chi connectivity index (χ0n) is 11.7. The molecule has 1 aromatic heterocycles. The number of amides is 2. The van der Waals surface area contributed by atoms with E-state index >= 15 is 0 Å². The van der Waals surface area contributed by atoms with E-state index in [4.69, 9.17) is 9.15 Å². The number of aliphatic hydroxyl groups excluding tert-OH is 1. The molecule has 0 radical (unpaired) electrons. The SMILES string of the molecule is O=C(NCC[C@@H](O)c1ccoc1)C(=O)NC[C@H]1CCCO1. The van der Waals surface area contributed by atoms with Crippen LogP contribution in [-0.2, 0) is 14.3 Å². The van der Waals surface area contributed by atoms with Crippen LogP contribution in [0.3, 0.4) is 0 Å². The fourth-order valence-corrected chi connectivity index (χ4v) is 2.13. The maximum atomic E-state index is 11.6. The molecule has 1 aliphatic heterocycles. The smallest absolute Gasteiger partial charge is 0.309 e. The molecule has 0 aromatic carbocycles. The fraction of sp³-hybridized carbons (Fsp3) is 0.571. The van der Waals surface area contributed by atoms with E-state index in [1.807, 2.05) is 0 Å². The summed E-state index contributed by atoms with van der Waals surface area (Å²) in [6, 6.07) is 1.65. The first-order chi connectivity index (χ1) is 10.2. The third kappa shape index (κ3) is 4.87. The number of ether oxygens (including phenoxy) is 1. The van der Waals surface area contributed by atoms with Crippen molar-refractivity contribution >= 4 is 11.8 Å². The summed E-state index contributed by atoms with van der Waals surface area (Å²) in [5, 5.41) is 14.8. The molecule has 0 unspecified atom stereocenters. The van der Waals surface area contributed by atoms with Crippen LogP contribution in [0.25, 0.3) is 0 Å². The van der Waals surface area contributed by atoms with E-state index < -0.39 is 17.9 Å². The van der Waals surface area contributed by atoms with Gasteiger partial charge in [-0.25, -0.2) is 0 Å². The van der Waals surface area contributed by atoms with Crippen molar-refractivity contribution in [3.05, 3.63) is 24.2 Å². The van der Waals surface area contributed by atoms with Crippen molar-refractivity contribution in [2.45, 2.75) is 31.5 Å². The quantitative estimate of drug-likeness (QED) is 0.647. The third-order valence-electron chi connectivity index (χ3n) is 3.35. The number of aliphatic hydroxyl groups is 1. The lowest BCUT2D eigenvalue weighted by Gasteiger charge is -2.11. The predicted molar refractivity (Wildman–Crippen MR) is 73.3 cm³/mol. The molecule has 116 valence electrons. The molecule has 0 aliphatic carbocycles. The van der Waals surface area contributed by atoms with Crippen molar-refractivity contribution in [1.29, 1.82) is 0 Å². The van der Waals surface area contributed by atoms with Gasteiger partial charge in [0, 0.05) is 25.3 Å². The lowest BCUT2D eigenvalue weighted by molar-refractivity contribution is -0.139. The van der Waals surface area contributed by atoms with Gasteiger partial charge in [-0.2, -0.15) is 0 Å². The minimum Gasteiger partial charge on any atom is -0.472 e. The summed E-state index contributed by atoms with van der Waals surface area (Å²) < 4.78 is 10.2. The Labute approximate surface area is 122 Å². The highest BCUT2D eigenvalue weighted by atomic mass is 16.5. The maximum absolute atomic E-state index is 11.6. The number of rotatable bonds is 6. The van der Waals surface area contributed by atoms with E-state index in [1.54, 1.807) is 6.07 Å². The van der Waals surface area contributed by atoms with Crippen molar-refractivity contribution in [3.63, 3.8) is 0 Å². The largest absolute Gasteiger partial charge is 0.472 e. The van der Waals surface area contributed by atoms with Crippen LogP contribution in [0.2, 0.25) is 0 Å². The van der Waals surface area contributed by atoms with Gasteiger partial charge in [0.15, 0.2) is 0 Å². The Morgan fingerprint density at radius 3 is 2.86 bits per heavy atom. The van der Waals surface area contributed by atoms with Gasteiger partial charge >= 0.3 is 11.8 Å². The summed E-state index contributed by atoms with van der Waals surface area (Å²) in [5.74, 6) is -1.38. The molecule has 1 aliphatic rings. The van der Waals surface area contributed by atoms with Crippen LogP contribution in [0.4, 0.5) is 0 Å². The Morgan fingerprint density at radius 1 is 1.38 bits per heavy atom. The van der Waals surface area contributed by atoms with E-state index in [0.29, 0.717) is 25.1 Å². The van der Waals surface area contributed by atoms with Gasteiger partial charge < -0.3 is 24.9 Å². The van der Waals surface area contributed by atoms with E-state index in [0.717, 1.165) is 12.8 Å². The number of furan rings is 1. The number of hydrogen-bond donors (Lipinski definition) is 3. The first kappa shape index (κ1) is 15.5. The van der Waals surface area contributed by atoms with Gasteiger partial charge in [-0.3, -0.25) is 9.59 Å². The molecule has 1 saturated heterocycles. The molecule has 21 heavy (non-hydrogen) atoms. The van der Waals surface area contributed by atoms with Crippen LogP contribution in [0.1, 0.15) is 30.9 Å². The van der Waals surface area contributed by atoms with Gasteiger partial charge in [0.1, 0.15) is 0 Å². The molecule has 2 rings (SSSR count). The summed E-state index contributed by atoms with van der Waals surface area (Å²) in [7, 11) is 0. The molecule has 3 N–H and O–H groups in total. The van der Waals surface area contributed by atoms with Crippen molar-refractivity contribution < 1.29 is 23.8 Å². The van der Waals surface area contributed by atoms with E-state index in [1.165, 1.54) is 12.5 Å². The molecule has 2 heterocycles. The van der Waals surface area contributed by atoms with Gasteiger partial charge in [0.05, 0.1) is 24.7 Å². The number of carbonyl (C=O) groups is 2. The summed E-state index contributed by atoms with van der Waals surface area (Å²) in [6.45, 7) is 1.26. The molecule has 0 saturated carbocycles. The van der Waals surface area contributed by atoms with E-state index in [9.17, 15) is 14.7 Å². The van der Waals surface area contributed by atoms with Crippen LogP contribution in [0.15, 0.2) is 23.0 Å². The molecule has 1 fully saturated rings. The number of carbonyl (C=O) groups excluding carboxylic acids is 2. The summed E-state index contributed by atoms with van der Waals surface area (Å²) in [6.07, 6.45) is 4.39. The average Bonchev–Trinajstić information content (AvgIpc) is 3.17. The van der Waals surface area contributed by atoms with Crippen LogP contribution >= 0.6 is 0 Å². The molecule has 0 spiro atoms. The second kappa shape index (κ2) is 7.80. The Hall–Kier alpha value is -1.86. The van der Waals surface area contributed by atoms with Crippen molar-refractivity contribution in [1.82, 2.24) is 10.6 Å². The molecule has 1 aromatic rings. The lowest BCUT2D eigenvalue weighted by Crippen LogP contribution is -2.43. The van der Waals surface area contributed by atoms with Gasteiger partial charge in [0.25, 0.3) is 0 Å². The highest BCUT2D eigenvalue weighted by molar-refractivity contribution is 6.35. The molecular weight excluding hydrogens is 276 g/mol. The zero-order chi connectivity index (χ0) is 15.1. The van der Waals surface area contributed by atoms with Crippen LogP contribution in [-0.4, -0.2) is 42.7 Å². The van der Waals surface area contributed by atoms with Gasteiger partial charge in [0.2, 0.25) is 0 Å². The highest BCUT2D eigenvalue weighted by Gasteiger charge is 2.19. The zero-order valence-corrected chi connectivity index (χ0v) is 11.7. The maximum Gasteiger partial charge on any atom is 0.309 e. The Kier molecular flexibility index (Phi) is 5.77. The van der Waals surface area contributed by atoms with Crippen LogP contribution < -0.4 is 10.6 Å². The summed E-state index contributed by atoms with van der Waals surface area (Å²) >= 11 is 0. The second-order valence-corrected chi connectivity index (χ2v) is 4.96. The molecule has 7 nitrogen and oxygen atoms in total. The summed E-state index contributed by atoms with van der Waals surface area (Å²) in [4.78, 5) is 23.1. The third-order valence-corrected chi connectivity index (χ3v) is 3.35. The number of nitrogens with one attached hydrogen (secondary N) is 2. The normalized spacial score (nSPS) is 19.2. The Balaban J connectivity index is 1.60. The standard InChI is InChI=1S/C14H20N2O5/c17-12(10-4-7-20-9-10)3-5-15-13(18)14(19)16-8-11-2-1-6-21-11/h4,7,9,11-12,17H,1-3,5-6,8H2,(H,15,18)(H,16,19)/t11-,12-/m1/s1. The van der Waals surface area contributed by atoms with Crippen LogP contribution in [0, 0.1) is 0 Å². The van der Waals surface area contributed by atoms with Crippen molar-refractivity contribution in [3.8, 4) is 0 Å². The summed E-state index contributed by atoms with van der Waals surface area (Å²) in [5.41, 5.74) is 0.645. The monoisotopic (exact) mass is 296 g/mol. The minimum absolute atomic E-state index is 0.00432. The molecule has 0 bridgehead atoms. The van der Waals surface area contributed by atoms with E-state index in [-0.39, 0.29) is 12.6 Å². The minimum atomic E-state index is -0.723. The predicted octanol–water partition coefficient (Wildman–Crippen LogP) is 0.114. The Morgan fingerprint density at radius 2 is 2.19 bits per heavy atom. The second-order valence-electron chi connectivity index (χ2n) is 4.96. The van der Waals surface area contributed by atoms with Crippen LogP contribution in [0.5, 0.6) is 0 Å². The van der Waals surface area contributed by atoms with Gasteiger partial charge in [-0.15, -0.1) is 0 Å². The highest BCUT2D eigenvalue weighted by Crippen LogP contribution is 2.15. The fourth-order valence-electron chi connectivity index (χ4n) is 2.13. The average molecular weight is 296 g/mol. The molecule has 2 amide bonds. The van der Waals surface area contributed by atoms with Gasteiger partial charge in [-0.05, 0) is 25.3 Å². The molecular formula is C14H20N2O5. The first-order valence-corrected chi connectivity index (χ1v) is 7.04. The topological polar surface area (TPSA) is 101 Å². The molecule has 2 atom stereocenters. The van der Waals surface area contributed by atoms with E-state index in [2.05, 4.69) is 10.6 Å². The number of hydrogen-bond acceptors (Lipinski definition) is 5. The lowest BCUT2D eigenvalue weighted by atomic mass is 10.1. The molecule has 7 heteroatoms. The van der Waals surface area contributed by atoms with Gasteiger partial charge in [-0.1, -0.05) is 0 Å². The Bertz CT molecular complexity index is 454. The van der Waals surface area contributed by atoms with Crippen molar-refractivity contribution in [2.75, 3.05) is 19.7 Å².